The van der Waals surface area contributed by atoms with Crippen molar-refractivity contribution < 1.29 is 4.79 Å². The molecule has 1 aliphatic rings. The Kier molecular flexibility index (Phi) is 1.37. The zero-order chi connectivity index (χ0) is 7.02. The van der Waals surface area contributed by atoms with Crippen molar-refractivity contribution in [3.05, 3.63) is 0 Å². The monoisotopic (exact) mass is 131 g/mol. The summed E-state index contributed by atoms with van der Waals surface area (Å²) in [6, 6.07) is 0. The molecule has 1 amide bonds. The molecule has 1 fully saturated rings. The van der Waals surface area contributed by atoms with Crippen molar-refractivity contribution in [2.24, 2.45) is 17.4 Å². The van der Waals surface area contributed by atoms with E-state index in [0.29, 0.717) is 0 Å². The van der Waals surface area contributed by atoms with Crippen LogP contribution in [-0.2, 0) is 4.79 Å². The van der Waals surface area contributed by atoms with E-state index in [0.717, 1.165) is 5.01 Å². The normalized spacial score (nSPS) is 29.9. The maximum absolute atomic E-state index is 10.6. The van der Waals surface area contributed by atoms with E-state index in [1.807, 2.05) is 0 Å². The Labute approximate surface area is 52.1 Å². The second-order valence-electron chi connectivity index (χ2n) is 1.89. The third-order valence-corrected chi connectivity index (χ3v) is 1.23. The van der Waals surface area contributed by atoms with Gasteiger partial charge in [-0.2, -0.15) is 0 Å². The maximum atomic E-state index is 10.6. The van der Waals surface area contributed by atoms with Gasteiger partial charge in [-0.05, 0) is 0 Å². The fourth-order valence-electron chi connectivity index (χ4n) is 0.639. The predicted molar refractivity (Wildman–Crippen MR) is 29.9 cm³/mol. The number of nitrogens with two attached hydrogens (primary N) is 3. The Morgan fingerprint density at radius 3 is 2.22 bits per heavy atom. The van der Waals surface area contributed by atoms with Crippen LogP contribution in [-0.4, -0.2) is 28.8 Å². The zero-order valence-electron chi connectivity index (χ0n) is 4.82. The quantitative estimate of drug-likeness (QED) is 0.242. The Morgan fingerprint density at radius 2 is 2.11 bits per heavy atom. The molecule has 1 saturated heterocycles. The van der Waals surface area contributed by atoms with Gasteiger partial charge in [-0.15, -0.1) is 0 Å². The fraction of sp³-hybridized carbons (Fsp3) is 0.667. The summed E-state index contributed by atoms with van der Waals surface area (Å²) in [5.74, 6) is 10.1. The van der Waals surface area contributed by atoms with E-state index in [1.54, 1.807) is 0 Å². The van der Waals surface area contributed by atoms with Gasteiger partial charge >= 0.3 is 0 Å². The van der Waals surface area contributed by atoms with E-state index in [9.17, 15) is 4.79 Å². The van der Waals surface area contributed by atoms with E-state index in [4.69, 9.17) is 17.4 Å². The molecular weight excluding hydrogens is 122 g/mol. The highest BCUT2D eigenvalue weighted by Gasteiger charge is 2.30. The molecule has 0 aromatic heterocycles. The zero-order valence-corrected chi connectivity index (χ0v) is 4.82. The first-order valence-electron chi connectivity index (χ1n) is 2.46. The molecule has 0 saturated carbocycles. The van der Waals surface area contributed by atoms with Crippen LogP contribution in [0.3, 0.4) is 0 Å². The molecule has 0 aliphatic carbocycles. The number of nitrogens with zero attached hydrogens (tertiary/aromatic N) is 2. The molecule has 0 aromatic rings. The minimum Gasteiger partial charge on any atom is -0.296 e. The molecule has 6 heteroatoms. The van der Waals surface area contributed by atoms with Gasteiger partial charge in [0.1, 0.15) is 0 Å². The van der Waals surface area contributed by atoms with Crippen LogP contribution in [0.4, 0.5) is 0 Å². The molecule has 52 valence electrons. The van der Waals surface area contributed by atoms with E-state index in [2.05, 4.69) is 0 Å². The van der Waals surface area contributed by atoms with Gasteiger partial charge in [0.2, 0.25) is 0 Å². The van der Waals surface area contributed by atoms with E-state index in [-0.39, 0.29) is 12.5 Å². The van der Waals surface area contributed by atoms with Gasteiger partial charge < -0.3 is 0 Å². The minimum absolute atomic E-state index is 0.0949. The molecular formula is C3H9N5O. The number of hydrogen-bond donors (Lipinski definition) is 3. The molecule has 0 aromatic carbocycles. The lowest BCUT2D eigenvalue weighted by Gasteiger charge is -2.17. The second-order valence-corrected chi connectivity index (χ2v) is 1.89. The molecule has 1 rings (SSSR count). The summed E-state index contributed by atoms with van der Waals surface area (Å²) in [5, 5.41) is 2.07. The molecule has 9 heavy (non-hydrogen) atoms. The highest BCUT2D eigenvalue weighted by atomic mass is 16.2. The van der Waals surface area contributed by atoms with E-state index >= 15 is 0 Å². The van der Waals surface area contributed by atoms with Crippen molar-refractivity contribution in [2.75, 3.05) is 6.54 Å². The van der Waals surface area contributed by atoms with Gasteiger partial charge in [0.25, 0.3) is 5.91 Å². The van der Waals surface area contributed by atoms with E-state index < -0.39 is 6.29 Å². The number of hydrazine groups is 2. The molecule has 1 aliphatic heterocycles. The average Bonchev–Trinajstić information content (AvgIpc) is 1.98. The van der Waals surface area contributed by atoms with Crippen molar-refractivity contribution >= 4 is 5.91 Å². The van der Waals surface area contributed by atoms with Crippen LogP contribution in [0.15, 0.2) is 0 Å². The molecule has 0 bridgehead atoms. The topological polar surface area (TPSA) is 102 Å². The summed E-state index contributed by atoms with van der Waals surface area (Å²) in [6.07, 6.45) is -0.669. The molecule has 1 heterocycles. The Morgan fingerprint density at radius 1 is 1.56 bits per heavy atom. The van der Waals surface area contributed by atoms with Crippen molar-refractivity contribution in [1.29, 1.82) is 0 Å². The second kappa shape index (κ2) is 1.92. The highest BCUT2D eigenvalue weighted by Crippen LogP contribution is 1.99. The number of carbonyl (C=O) groups excluding carboxylic acids is 1. The smallest absolute Gasteiger partial charge is 0.254 e. The summed E-state index contributed by atoms with van der Waals surface area (Å²) in [6.45, 7) is 0.0949. The first-order chi connectivity index (χ1) is 4.13. The summed E-state index contributed by atoms with van der Waals surface area (Å²) in [4.78, 5) is 10.6. The lowest BCUT2D eigenvalue weighted by atomic mass is 10.6. The third-order valence-electron chi connectivity index (χ3n) is 1.23. The summed E-state index contributed by atoms with van der Waals surface area (Å²) in [5.41, 5.74) is 5.29. The largest absolute Gasteiger partial charge is 0.296 e. The fourth-order valence-corrected chi connectivity index (χ4v) is 0.639. The number of carbonyl (C=O) groups is 1. The Hall–Kier alpha value is -0.690. The third kappa shape index (κ3) is 0.879. The molecule has 0 spiro atoms. The summed E-state index contributed by atoms with van der Waals surface area (Å²) in [7, 11) is 0. The maximum Gasteiger partial charge on any atom is 0.254 e. The van der Waals surface area contributed by atoms with Crippen molar-refractivity contribution in [3.63, 3.8) is 0 Å². The van der Waals surface area contributed by atoms with Crippen LogP contribution >= 0.6 is 0 Å². The van der Waals surface area contributed by atoms with Crippen LogP contribution in [0.2, 0.25) is 0 Å². The van der Waals surface area contributed by atoms with Crippen LogP contribution in [0.25, 0.3) is 0 Å². The van der Waals surface area contributed by atoms with Crippen LogP contribution in [0, 0.1) is 0 Å². The van der Waals surface area contributed by atoms with Crippen LogP contribution < -0.4 is 17.4 Å². The molecule has 6 nitrogen and oxygen atoms in total. The van der Waals surface area contributed by atoms with Gasteiger partial charge in [0.05, 0.1) is 6.54 Å². The van der Waals surface area contributed by atoms with Gasteiger partial charge in [-0.1, -0.05) is 0 Å². The number of hydrogen-bond acceptors (Lipinski definition) is 5. The summed E-state index contributed by atoms with van der Waals surface area (Å²) >= 11 is 0. The van der Waals surface area contributed by atoms with Crippen molar-refractivity contribution in [1.82, 2.24) is 10.0 Å². The summed E-state index contributed by atoms with van der Waals surface area (Å²) < 4.78 is 0. The lowest BCUT2D eigenvalue weighted by molar-refractivity contribution is -0.128. The SMILES string of the molecule is NC1N(N)CC(=O)N1N. The van der Waals surface area contributed by atoms with Gasteiger partial charge in [-0.3, -0.25) is 16.4 Å². The van der Waals surface area contributed by atoms with Crippen molar-refractivity contribution in [2.45, 2.75) is 6.29 Å². The minimum atomic E-state index is -0.669. The Balaban J connectivity index is 2.65. The predicted octanol–water partition coefficient (Wildman–Crippen LogP) is -2.88. The molecule has 6 N–H and O–H groups in total. The number of amides is 1. The van der Waals surface area contributed by atoms with Gasteiger partial charge in [0, 0.05) is 0 Å². The standard InChI is InChI=1S/C3H9N5O/c4-3-7(5)1-2(9)8(3)6/h3H,1,4-6H2. The first-order valence-corrected chi connectivity index (χ1v) is 2.46. The lowest BCUT2D eigenvalue weighted by Crippen LogP contribution is -2.52. The first kappa shape index (κ1) is 6.43. The van der Waals surface area contributed by atoms with Crippen molar-refractivity contribution in [3.8, 4) is 0 Å². The van der Waals surface area contributed by atoms with Crippen LogP contribution in [0.1, 0.15) is 0 Å². The van der Waals surface area contributed by atoms with Gasteiger partial charge in [-0.25, -0.2) is 15.9 Å². The Bertz CT molecular complexity index is 136. The number of rotatable bonds is 0. The average molecular weight is 131 g/mol. The van der Waals surface area contributed by atoms with Crippen LogP contribution in [0.5, 0.6) is 0 Å². The molecule has 0 radical (unpaired) electrons. The highest BCUT2D eigenvalue weighted by molar-refractivity contribution is 5.79. The van der Waals surface area contributed by atoms with E-state index in [1.165, 1.54) is 5.01 Å². The molecule has 1 atom stereocenters. The molecule has 1 unspecified atom stereocenters. The van der Waals surface area contributed by atoms with Gasteiger partial charge in [0.15, 0.2) is 6.29 Å².